The number of anilines is 1. The third-order valence-corrected chi connectivity index (χ3v) is 2.85. The van der Waals surface area contributed by atoms with E-state index in [4.69, 9.17) is 10.5 Å². The Morgan fingerprint density at radius 2 is 1.78 bits per heavy atom. The SMILES string of the molecule is COCCCCN(CCCN)c1ccc(F)cc1. The molecule has 18 heavy (non-hydrogen) atoms. The van der Waals surface area contributed by atoms with Crippen LogP contribution in [0.25, 0.3) is 0 Å². The molecule has 0 aliphatic heterocycles. The first-order chi connectivity index (χ1) is 8.77. The Kier molecular flexibility index (Phi) is 7.37. The highest BCUT2D eigenvalue weighted by Gasteiger charge is 2.05. The quantitative estimate of drug-likeness (QED) is 0.688. The Morgan fingerprint density at radius 3 is 2.39 bits per heavy atom. The van der Waals surface area contributed by atoms with Crippen molar-refractivity contribution in [3.8, 4) is 0 Å². The minimum atomic E-state index is -0.197. The third kappa shape index (κ3) is 5.47. The fourth-order valence-corrected chi connectivity index (χ4v) is 1.85. The molecule has 4 heteroatoms. The van der Waals surface area contributed by atoms with Crippen LogP contribution in [-0.2, 0) is 4.74 Å². The van der Waals surface area contributed by atoms with Gasteiger partial charge in [-0.05, 0) is 50.1 Å². The summed E-state index contributed by atoms with van der Waals surface area (Å²) in [5.74, 6) is -0.197. The Balaban J connectivity index is 2.51. The summed E-state index contributed by atoms with van der Waals surface area (Å²) in [4.78, 5) is 2.25. The van der Waals surface area contributed by atoms with Crippen LogP contribution in [0, 0.1) is 5.82 Å². The summed E-state index contributed by atoms with van der Waals surface area (Å²) < 4.78 is 17.9. The van der Waals surface area contributed by atoms with Gasteiger partial charge < -0.3 is 15.4 Å². The molecule has 3 nitrogen and oxygen atoms in total. The number of halogens is 1. The number of ether oxygens (including phenoxy) is 1. The van der Waals surface area contributed by atoms with Gasteiger partial charge in [0.15, 0.2) is 0 Å². The lowest BCUT2D eigenvalue weighted by atomic mass is 10.2. The van der Waals surface area contributed by atoms with Gasteiger partial charge in [-0.1, -0.05) is 0 Å². The van der Waals surface area contributed by atoms with Crippen molar-refractivity contribution >= 4 is 5.69 Å². The average Bonchev–Trinajstić information content (AvgIpc) is 2.39. The largest absolute Gasteiger partial charge is 0.385 e. The number of methoxy groups -OCH3 is 1. The monoisotopic (exact) mass is 254 g/mol. The van der Waals surface area contributed by atoms with E-state index in [9.17, 15) is 4.39 Å². The van der Waals surface area contributed by atoms with Crippen molar-refractivity contribution in [3.05, 3.63) is 30.1 Å². The summed E-state index contributed by atoms with van der Waals surface area (Å²) in [5, 5.41) is 0. The molecule has 0 heterocycles. The Labute approximate surface area is 109 Å². The summed E-state index contributed by atoms with van der Waals surface area (Å²) in [6, 6.07) is 6.64. The van der Waals surface area contributed by atoms with Gasteiger partial charge in [-0.25, -0.2) is 4.39 Å². The topological polar surface area (TPSA) is 38.5 Å². The number of nitrogens with zero attached hydrogens (tertiary/aromatic N) is 1. The zero-order valence-electron chi connectivity index (χ0n) is 11.1. The second-order valence-electron chi connectivity index (χ2n) is 4.31. The van der Waals surface area contributed by atoms with Crippen LogP contribution >= 0.6 is 0 Å². The van der Waals surface area contributed by atoms with E-state index in [-0.39, 0.29) is 5.82 Å². The van der Waals surface area contributed by atoms with Gasteiger partial charge in [0.05, 0.1) is 0 Å². The molecule has 0 fully saturated rings. The molecule has 1 rings (SSSR count). The first kappa shape index (κ1) is 14.9. The predicted octanol–water partition coefficient (Wildman–Crippen LogP) is 2.41. The Morgan fingerprint density at radius 1 is 1.11 bits per heavy atom. The smallest absolute Gasteiger partial charge is 0.123 e. The number of nitrogens with two attached hydrogens (primary N) is 1. The van der Waals surface area contributed by atoms with E-state index >= 15 is 0 Å². The van der Waals surface area contributed by atoms with Crippen molar-refractivity contribution in [2.24, 2.45) is 5.73 Å². The summed E-state index contributed by atoms with van der Waals surface area (Å²) in [7, 11) is 1.71. The lowest BCUT2D eigenvalue weighted by Gasteiger charge is -2.24. The van der Waals surface area contributed by atoms with E-state index in [0.29, 0.717) is 6.54 Å². The molecule has 0 atom stereocenters. The molecule has 0 saturated carbocycles. The average molecular weight is 254 g/mol. The van der Waals surface area contributed by atoms with Crippen molar-refractivity contribution in [1.82, 2.24) is 0 Å². The van der Waals surface area contributed by atoms with Gasteiger partial charge >= 0.3 is 0 Å². The Hall–Kier alpha value is -1.13. The zero-order chi connectivity index (χ0) is 13.2. The molecule has 0 bridgehead atoms. The molecule has 0 aliphatic carbocycles. The van der Waals surface area contributed by atoms with Gasteiger partial charge in [-0.15, -0.1) is 0 Å². The van der Waals surface area contributed by atoms with Crippen LogP contribution < -0.4 is 10.6 Å². The van der Waals surface area contributed by atoms with E-state index in [0.717, 1.165) is 44.6 Å². The van der Waals surface area contributed by atoms with Crippen LogP contribution in [0.1, 0.15) is 19.3 Å². The zero-order valence-corrected chi connectivity index (χ0v) is 11.1. The molecule has 0 amide bonds. The van der Waals surface area contributed by atoms with E-state index in [2.05, 4.69) is 4.90 Å². The van der Waals surface area contributed by atoms with E-state index < -0.39 is 0 Å². The molecule has 102 valence electrons. The molecular formula is C14H23FN2O. The summed E-state index contributed by atoms with van der Waals surface area (Å²) in [6.45, 7) is 3.33. The maximum atomic E-state index is 12.9. The fourth-order valence-electron chi connectivity index (χ4n) is 1.85. The second kappa shape index (κ2) is 8.89. The normalized spacial score (nSPS) is 10.6. The molecule has 0 radical (unpaired) electrons. The highest BCUT2D eigenvalue weighted by atomic mass is 19.1. The number of benzene rings is 1. The Bertz CT molecular complexity index is 316. The van der Waals surface area contributed by atoms with Crippen LogP contribution in [0.3, 0.4) is 0 Å². The molecular weight excluding hydrogens is 231 g/mol. The molecule has 1 aromatic carbocycles. The van der Waals surface area contributed by atoms with Crippen molar-refractivity contribution in [2.75, 3.05) is 38.3 Å². The first-order valence-corrected chi connectivity index (χ1v) is 6.47. The highest BCUT2D eigenvalue weighted by Crippen LogP contribution is 2.15. The number of unbranched alkanes of at least 4 members (excludes halogenated alkanes) is 1. The lowest BCUT2D eigenvalue weighted by Crippen LogP contribution is -2.27. The molecule has 2 N–H and O–H groups in total. The minimum Gasteiger partial charge on any atom is -0.385 e. The molecule has 0 saturated heterocycles. The molecule has 0 unspecified atom stereocenters. The van der Waals surface area contributed by atoms with Gasteiger partial charge in [0.25, 0.3) is 0 Å². The molecule has 1 aromatic rings. The van der Waals surface area contributed by atoms with Crippen LogP contribution in [-0.4, -0.2) is 33.4 Å². The minimum absolute atomic E-state index is 0.197. The molecule has 0 aliphatic rings. The van der Waals surface area contributed by atoms with Gasteiger partial charge in [-0.3, -0.25) is 0 Å². The standard InChI is InChI=1S/C14H23FN2O/c1-18-12-3-2-10-17(11-4-9-16)14-7-5-13(15)6-8-14/h5-8H,2-4,9-12,16H2,1H3. The van der Waals surface area contributed by atoms with Crippen LogP contribution in [0.4, 0.5) is 10.1 Å². The van der Waals surface area contributed by atoms with Crippen molar-refractivity contribution in [2.45, 2.75) is 19.3 Å². The summed E-state index contributed by atoms with van der Waals surface area (Å²) in [5.41, 5.74) is 6.61. The van der Waals surface area contributed by atoms with Crippen LogP contribution in [0.15, 0.2) is 24.3 Å². The summed E-state index contributed by atoms with van der Waals surface area (Å²) >= 11 is 0. The lowest BCUT2D eigenvalue weighted by molar-refractivity contribution is 0.193. The van der Waals surface area contributed by atoms with E-state index in [1.165, 1.54) is 12.1 Å². The van der Waals surface area contributed by atoms with Crippen LogP contribution in [0.5, 0.6) is 0 Å². The molecule has 0 spiro atoms. The van der Waals surface area contributed by atoms with Gasteiger partial charge in [0.2, 0.25) is 0 Å². The molecule has 0 aromatic heterocycles. The van der Waals surface area contributed by atoms with Crippen LogP contribution in [0.2, 0.25) is 0 Å². The maximum Gasteiger partial charge on any atom is 0.123 e. The number of rotatable bonds is 9. The number of hydrogen-bond donors (Lipinski definition) is 1. The van der Waals surface area contributed by atoms with Crippen molar-refractivity contribution in [3.63, 3.8) is 0 Å². The fraction of sp³-hybridized carbons (Fsp3) is 0.571. The number of hydrogen-bond acceptors (Lipinski definition) is 3. The van der Waals surface area contributed by atoms with Crippen molar-refractivity contribution < 1.29 is 9.13 Å². The third-order valence-electron chi connectivity index (χ3n) is 2.85. The highest BCUT2D eigenvalue weighted by molar-refractivity contribution is 5.46. The van der Waals surface area contributed by atoms with Gasteiger partial charge in [-0.2, -0.15) is 0 Å². The van der Waals surface area contributed by atoms with E-state index in [1.54, 1.807) is 7.11 Å². The summed E-state index contributed by atoms with van der Waals surface area (Å²) in [6.07, 6.45) is 3.05. The van der Waals surface area contributed by atoms with E-state index in [1.807, 2.05) is 12.1 Å². The van der Waals surface area contributed by atoms with Gasteiger partial charge in [0, 0.05) is 32.5 Å². The second-order valence-corrected chi connectivity index (χ2v) is 4.31. The van der Waals surface area contributed by atoms with Gasteiger partial charge in [0.1, 0.15) is 5.82 Å². The predicted molar refractivity (Wildman–Crippen MR) is 73.4 cm³/mol. The van der Waals surface area contributed by atoms with Crippen molar-refractivity contribution in [1.29, 1.82) is 0 Å². The first-order valence-electron chi connectivity index (χ1n) is 6.47. The maximum absolute atomic E-state index is 12.9.